The van der Waals surface area contributed by atoms with Crippen LogP contribution in [-0.4, -0.2) is 31.3 Å². The van der Waals surface area contributed by atoms with Crippen LogP contribution in [0.4, 0.5) is 39.8 Å². The SMILES string of the molecule is O=C(Nc1ccccc1)c1cc2ccc3c4ccccc4[nH]c3c2c(N=Nc2ccc(Nc3ccc(N=Nc4c(O)c(C(NO)c5ccccc5)cc5ccc6c7ccccc7[nH]c6c45)cc3)cc2)c1O. The molecule has 0 radical (unpaired) electrons. The van der Waals surface area contributed by atoms with Gasteiger partial charge in [0.05, 0.1) is 34.0 Å². The molecule has 1 atom stereocenters. The van der Waals surface area contributed by atoms with Crippen LogP contribution in [0, 0.1) is 0 Å². The number of nitrogens with zero attached hydrogens (tertiary/aromatic N) is 4. The van der Waals surface area contributed by atoms with Gasteiger partial charge in [0.25, 0.3) is 5.91 Å². The molecule has 2 aromatic heterocycles. The van der Waals surface area contributed by atoms with Gasteiger partial charge in [-0.05, 0) is 101 Å². The Balaban J connectivity index is 0.832. The Kier molecular flexibility index (Phi) is 10.7. The minimum absolute atomic E-state index is 0.0676. The van der Waals surface area contributed by atoms with E-state index >= 15 is 0 Å². The second kappa shape index (κ2) is 17.8. The average Bonchev–Trinajstić information content (AvgIpc) is 3.99. The van der Waals surface area contributed by atoms with E-state index < -0.39 is 11.9 Å². The number of para-hydroxylation sites is 3. The Morgan fingerprint density at radius 1 is 0.479 bits per heavy atom. The van der Waals surface area contributed by atoms with Gasteiger partial charge in [0.1, 0.15) is 17.1 Å². The molecule has 0 saturated heterocycles. The van der Waals surface area contributed by atoms with Gasteiger partial charge in [0, 0.05) is 66.0 Å². The van der Waals surface area contributed by atoms with Crippen LogP contribution >= 0.6 is 0 Å². The summed E-state index contributed by atoms with van der Waals surface area (Å²) in [5.41, 5.74) is 10.8. The maximum absolute atomic E-state index is 13.6. The van der Waals surface area contributed by atoms with Crippen LogP contribution in [0.5, 0.6) is 11.5 Å². The zero-order valence-electron chi connectivity index (χ0n) is 37.6. The molecular weight excluding hydrogens is 887 g/mol. The number of hydroxylamine groups is 1. The summed E-state index contributed by atoms with van der Waals surface area (Å²) in [5, 5.41) is 65.9. The van der Waals surface area contributed by atoms with Crippen molar-refractivity contribution in [1.29, 1.82) is 0 Å². The molecule has 1 unspecified atom stereocenters. The highest BCUT2D eigenvalue weighted by molar-refractivity contribution is 6.23. The van der Waals surface area contributed by atoms with E-state index in [0.717, 1.165) is 65.9 Å². The molecule has 12 rings (SSSR count). The third kappa shape index (κ3) is 7.78. The molecule has 8 N–H and O–H groups in total. The number of hydrogen-bond donors (Lipinski definition) is 8. The first kappa shape index (κ1) is 42.6. The van der Waals surface area contributed by atoms with Crippen molar-refractivity contribution in [3.63, 3.8) is 0 Å². The van der Waals surface area contributed by atoms with Gasteiger partial charge in [-0.2, -0.15) is 15.7 Å². The van der Waals surface area contributed by atoms with Crippen molar-refractivity contribution in [2.45, 2.75) is 6.04 Å². The molecule has 0 aliphatic heterocycles. The molecule has 12 aromatic rings. The van der Waals surface area contributed by atoms with Gasteiger partial charge < -0.3 is 36.0 Å². The Bertz CT molecular complexity index is 4080. The number of fused-ring (bicyclic) bond motifs is 10. The van der Waals surface area contributed by atoms with Gasteiger partial charge in [-0.1, -0.05) is 109 Å². The molecule has 10 aromatic carbocycles. The number of phenols is 2. The maximum atomic E-state index is 13.6. The van der Waals surface area contributed by atoms with E-state index in [1.807, 2.05) is 164 Å². The number of carbonyl (C=O) groups excluding carboxylic acids is 1. The van der Waals surface area contributed by atoms with Crippen LogP contribution in [0.1, 0.15) is 27.5 Å². The minimum atomic E-state index is -0.738. The number of azo groups is 2. The number of carbonyl (C=O) groups is 1. The van der Waals surface area contributed by atoms with Crippen molar-refractivity contribution < 1.29 is 20.2 Å². The monoisotopic (exact) mass is 927 g/mol. The summed E-state index contributed by atoms with van der Waals surface area (Å²) in [7, 11) is 0. The summed E-state index contributed by atoms with van der Waals surface area (Å²) >= 11 is 0. The molecule has 0 saturated carbocycles. The largest absolute Gasteiger partial charge is 0.505 e. The number of nitrogens with one attached hydrogen (secondary N) is 5. The van der Waals surface area contributed by atoms with E-state index in [1.165, 1.54) is 0 Å². The molecule has 342 valence electrons. The Morgan fingerprint density at radius 2 is 0.972 bits per heavy atom. The van der Waals surface area contributed by atoms with Crippen LogP contribution < -0.4 is 16.1 Å². The van der Waals surface area contributed by atoms with Gasteiger partial charge in [-0.3, -0.25) is 4.79 Å². The third-order valence-corrected chi connectivity index (χ3v) is 12.9. The molecule has 71 heavy (non-hydrogen) atoms. The van der Waals surface area contributed by atoms with E-state index in [1.54, 1.807) is 18.2 Å². The topological polar surface area (TPSA) is 195 Å². The van der Waals surface area contributed by atoms with Gasteiger partial charge in [0.15, 0.2) is 5.75 Å². The summed E-state index contributed by atoms with van der Waals surface area (Å²) in [6.45, 7) is 0. The molecule has 2 heterocycles. The summed E-state index contributed by atoms with van der Waals surface area (Å²) < 4.78 is 0. The Hall–Kier alpha value is -9.69. The molecule has 0 aliphatic rings. The van der Waals surface area contributed by atoms with Gasteiger partial charge in [0.2, 0.25) is 0 Å². The number of benzene rings is 10. The average molecular weight is 928 g/mol. The number of phenolic OH excluding ortho intramolecular Hbond substituents is 2. The van der Waals surface area contributed by atoms with Gasteiger partial charge in [-0.25, -0.2) is 0 Å². The van der Waals surface area contributed by atoms with Crippen LogP contribution in [-0.2, 0) is 0 Å². The van der Waals surface area contributed by atoms with Crippen LogP contribution in [0.25, 0.3) is 65.2 Å². The van der Waals surface area contributed by atoms with Crippen molar-refractivity contribution in [2.75, 3.05) is 10.6 Å². The minimum Gasteiger partial charge on any atom is -0.505 e. The third-order valence-electron chi connectivity index (χ3n) is 12.9. The molecule has 13 nitrogen and oxygen atoms in total. The second-order valence-corrected chi connectivity index (χ2v) is 17.2. The molecule has 0 aliphatic carbocycles. The van der Waals surface area contributed by atoms with E-state index in [9.17, 15) is 20.2 Å². The zero-order valence-corrected chi connectivity index (χ0v) is 37.6. The number of rotatable bonds is 11. The number of aromatic nitrogens is 2. The highest BCUT2D eigenvalue weighted by atomic mass is 16.5. The number of anilines is 3. The summed E-state index contributed by atoms with van der Waals surface area (Å²) in [4.78, 5) is 20.7. The number of hydrogen-bond acceptors (Lipinski definition) is 10. The molecule has 0 spiro atoms. The zero-order chi connectivity index (χ0) is 48.0. The molecule has 1 amide bonds. The first-order valence-corrected chi connectivity index (χ1v) is 22.9. The highest BCUT2D eigenvalue weighted by Crippen LogP contribution is 2.47. The lowest BCUT2D eigenvalue weighted by molar-refractivity contribution is 0.102. The predicted octanol–water partition coefficient (Wildman–Crippen LogP) is 15.6. The van der Waals surface area contributed by atoms with Crippen molar-refractivity contribution in [3.05, 3.63) is 211 Å². The van der Waals surface area contributed by atoms with Crippen molar-refractivity contribution in [2.24, 2.45) is 20.5 Å². The van der Waals surface area contributed by atoms with E-state index in [0.29, 0.717) is 38.8 Å². The Morgan fingerprint density at radius 3 is 1.52 bits per heavy atom. The number of amides is 1. The lowest BCUT2D eigenvalue weighted by Gasteiger charge is -2.19. The molecular formula is C58H41N9O4. The van der Waals surface area contributed by atoms with Crippen LogP contribution in [0.15, 0.2) is 215 Å². The molecule has 0 fully saturated rings. The second-order valence-electron chi connectivity index (χ2n) is 17.2. The highest BCUT2D eigenvalue weighted by Gasteiger charge is 2.25. The molecule has 13 heteroatoms. The number of aromatic amines is 2. The van der Waals surface area contributed by atoms with Crippen molar-refractivity contribution >= 4 is 111 Å². The first-order valence-electron chi connectivity index (χ1n) is 22.9. The van der Waals surface area contributed by atoms with Crippen molar-refractivity contribution in [1.82, 2.24) is 15.4 Å². The number of H-pyrrole nitrogens is 2. The quantitative estimate of drug-likeness (QED) is 0.0469. The fourth-order valence-corrected chi connectivity index (χ4v) is 9.46. The number of aromatic hydroxyl groups is 2. The summed E-state index contributed by atoms with van der Waals surface area (Å²) in [5.74, 6) is -0.877. The van der Waals surface area contributed by atoms with E-state index in [-0.39, 0.29) is 28.4 Å². The lowest BCUT2D eigenvalue weighted by Crippen LogP contribution is -2.18. The predicted molar refractivity (Wildman–Crippen MR) is 282 cm³/mol. The molecule has 0 bridgehead atoms. The smallest absolute Gasteiger partial charge is 0.259 e. The lowest BCUT2D eigenvalue weighted by atomic mass is 9.93. The van der Waals surface area contributed by atoms with Crippen LogP contribution in [0.2, 0.25) is 0 Å². The maximum Gasteiger partial charge on any atom is 0.259 e. The van der Waals surface area contributed by atoms with E-state index in [2.05, 4.69) is 53.6 Å². The first-order chi connectivity index (χ1) is 34.9. The van der Waals surface area contributed by atoms with E-state index in [4.69, 9.17) is 5.11 Å². The Labute approximate surface area is 404 Å². The summed E-state index contributed by atoms with van der Waals surface area (Å²) in [6.07, 6.45) is 0. The van der Waals surface area contributed by atoms with Gasteiger partial charge in [-0.15, -0.1) is 10.2 Å². The fourth-order valence-electron chi connectivity index (χ4n) is 9.46. The summed E-state index contributed by atoms with van der Waals surface area (Å²) in [6, 6.07) is 60.0. The normalized spacial score (nSPS) is 12.4. The fraction of sp³-hybridized carbons (Fsp3) is 0.0172. The van der Waals surface area contributed by atoms with Crippen molar-refractivity contribution in [3.8, 4) is 11.5 Å². The van der Waals surface area contributed by atoms with Gasteiger partial charge >= 0.3 is 0 Å². The standard InChI is InChI=1S/C58H41N9O4/c68-56-45(51(67-71)33-11-3-1-4-12-33)31-34-19-29-43-41-15-7-9-17-47(41)61-52(43)49(34)54(56)65-63-39-25-21-37(22-26-39)59-38-23-27-40(28-24-38)64-66-55-50-35(20-30-44-42-16-8-10-18-48(42)62-53(44)50)32-46(57(55)69)58(70)60-36-13-5-2-6-14-36/h1-32,51,59,61-62,67-69,71H,(H,60,70). The van der Waals surface area contributed by atoms with Crippen LogP contribution in [0.3, 0.4) is 0 Å².